The minimum atomic E-state index is -0.368. The van der Waals surface area contributed by atoms with E-state index in [0.29, 0.717) is 11.8 Å². The zero-order valence-corrected chi connectivity index (χ0v) is 14.0. The Morgan fingerprint density at radius 1 is 1.26 bits per heavy atom. The number of hydrogen-bond acceptors (Lipinski definition) is 3. The molecule has 2 aliphatic carbocycles. The van der Waals surface area contributed by atoms with Gasteiger partial charge in [0.2, 0.25) is 5.91 Å². The average Bonchev–Trinajstić information content (AvgIpc) is 3.01. The van der Waals surface area contributed by atoms with E-state index in [9.17, 15) is 4.79 Å². The van der Waals surface area contributed by atoms with Gasteiger partial charge in [-0.1, -0.05) is 30.4 Å². The second-order valence-electron chi connectivity index (χ2n) is 7.64. The maximum atomic E-state index is 12.6. The van der Waals surface area contributed by atoms with E-state index < -0.39 is 0 Å². The molecule has 1 saturated heterocycles. The normalized spacial score (nSPS) is 34.5. The number of amides is 1. The molecule has 0 aromatic carbocycles. The Morgan fingerprint density at radius 3 is 2.74 bits per heavy atom. The highest BCUT2D eigenvalue weighted by molar-refractivity contribution is 5.83. The predicted molar refractivity (Wildman–Crippen MR) is 91.6 cm³/mol. The molecule has 4 atom stereocenters. The van der Waals surface area contributed by atoms with Crippen molar-refractivity contribution < 1.29 is 4.79 Å². The van der Waals surface area contributed by atoms with E-state index in [4.69, 9.17) is 0 Å². The van der Waals surface area contributed by atoms with Crippen LogP contribution in [0.4, 0.5) is 0 Å². The fourth-order valence-corrected chi connectivity index (χ4v) is 4.41. The number of nitrogens with one attached hydrogen (secondary N) is 2. The Kier molecular flexibility index (Phi) is 3.27. The number of piperidine rings is 1. The van der Waals surface area contributed by atoms with Crippen LogP contribution in [0.25, 0.3) is 0 Å². The first-order valence-electron chi connectivity index (χ1n) is 8.52. The molecule has 2 fully saturated rings. The molecule has 0 aromatic heterocycles. The quantitative estimate of drug-likeness (QED) is 0.832. The van der Waals surface area contributed by atoms with Gasteiger partial charge in [-0.2, -0.15) is 0 Å². The molecule has 4 nitrogen and oxygen atoms in total. The highest BCUT2D eigenvalue weighted by atomic mass is 16.2. The summed E-state index contributed by atoms with van der Waals surface area (Å²) in [5, 5.41) is 6.64. The summed E-state index contributed by atoms with van der Waals surface area (Å²) < 4.78 is 0. The van der Waals surface area contributed by atoms with E-state index in [-0.39, 0.29) is 23.4 Å². The summed E-state index contributed by atoms with van der Waals surface area (Å²) in [5.41, 5.74) is 2.08. The third-order valence-corrected chi connectivity index (χ3v) is 5.74. The summed E-state index contributed by atoms with van der Waals surface area (Å²) in [6.45, 7) is 6.20. The van der Waals surface area contributed by atoms with E-state index in [1.807, 2.05) is 0 Å². The first-order chi connectivity index (χ1) is 11.0. The largest absolute Gasteiger partial charge is 0.365 e. The van der Waals surface area contributed by atoms with Crippen LogP contribution in [0.3, 0.4) is 0 Å². The van der Waals surface area contributed by atoms with E-state index in [1.165, 1.54) is 5.57 Å². The number of carbonyl (C=O) groups excluding carboxylic acids is 1. The van der Waals surface area contributed by atoms with Gasteiger partial charge in [-0.05, 0) is 50.4 Å². The van der Waals surface area contributed by atoms with Crippen LogP contribution in [0.1, 0.15) is 13.8 Å². The molecule has 1 saturated carbocycles. The Morgan fingerprint density at radius 2 is 2.00 bits per heavy atom. The van der Waals surface area contributed by atoms with Gasteiger partial charge in [0.15, 0.2) is 0 Å². The van der Waals surface area contributed by atoms with Crippen molar-refractivity contribution in [2.75, 3.05) is 20.1 Å². The van der Waals surface area contributed by atoms with E-state index in [0.717, 1.165) is 18.8 Å². The van der Waals surface area contributed by atoms with Crippen molar-refractivity contribution in [3.8, 4) is 0 Å². The van der Waals surface area contributed by atoms with Gasteiger partial charge in [-0.3, -0.25) is 4.79 Å². The Balaban J connectivity index is 1.51. The number of allylic oxidation sites excluding steroid dienone is 4. The lowest BCUT2D eigenvalue weighted by Crippen LogP contribution is -2.52. The fourth-order valence-electron chi connectivity index (χ4n) is 4.41. The molecule has 4 aliphatic rings. The Bertz CT molecular complexity index is 646. The predicted octanol–water partition coefficient (Wildman–Crippen LogP) is 1.60. The summed E-state index contributed by atoms with van der Waals surface area (Å²) in [6.07, 6.45) is 12.8. The SMILES string of the molecule is CN1C(C(C)(C)NC(=O)[C@H]2[C@@H]3CNC[C@@H]32)=CC=C2C=CC=CC21. The zero-order valence-electron chi connectivity index (χ0n) is 14.0. The lowest BCUT2D eigenvalue weighted by molar-refractivity contribution is -0.124. The lowest BCUT2D eigenvalue weighted by Gasteiger charge is -2.42. The van der Waals surface area contributed by atoms with Gasteiger partial charge < -0.3 is 15.5 Å². The second-order valence-corrected chi connectivity index (χ2v) is 7.64. The van der Waals surface area contributed by atoms with Crippen molar-refractivity contribution in [1.82, 2.24) is 15.5 Å². The van der Waals surface area contributed by atoms with Gasteiger partial charge in [0, 0.05) is 18.7 Å². The molecule has 0 aromatic rings. The van der Waals surface area contributed by atoms with Crippen molar-refractivity contribution in [3.05, 3.63) is 47.7 Å². The van der Waals surface area contributed by atoms with E-state index in [2.05, 4.69) is 72.9 Å². The zero-order chi connectivity index (χ0) is 16.2. The molecule has 0 spiro atoms. The molecule has 2 N–H and O–H groups in total. The number of likely N-dealkylation sites (N-methyl/N-ethyl adjacent to an activating group) is 1. The van der Waals surface area contributed by atoms with Crippen molar-refractivity contribution in [1.29, 1.82) is 0 Å². The molecule has 2 heterocycles. The summed E-state index contributed by atoms with van der Waals surface area (Å²) >= 11 is 0. The van der Waals surface area contributed by atoms with Crippen LogP contribution in [0, 0.1) is 17.8 Å². The number of carbonyl (C=O) groups is 1. The molecular formula is C19H25N3O. The summed E-state index contributed by atoms with van der Waals surface area (Å²) in [5.74, 6) is 1.55. The molecule has 0 bridgehead atoms. The van der Waals surface area contributed by atoms with Crippen LogP contribution in [-0.2, 0) is 4.79 Å². The second kappa shape index (κ2) is 5.10. The van der Waals surface area contributed by atoms with Crippen LogP contribution >= 0.6 is 0 Å². The first kappa shape index (κ1) is 14.8. The minimum Gasteiger partial charge on any atom is -0.365 e. The molecule has 4 rings (SSSR count). The number of hydrogen-bond donors (Lipinski definition) is 2. The van der Waals surface area contributed by atoms with Crippen LogP contribution in [-0.4, -0.2) is 42.5 Å². The lowest BCUT2D eigenvalue weighted by atomic mass is 9.90. The van der Waals surface area contributed by atoms with Crippen LogP contribution in [0.5, 0.6) is 0 Å². The van der Waals surface area contributed by atoms with Gasteiger partial charge in [0.25, 0.3) is 0 Å². The topological polar surface area (TPSA) is 44.4 Å². The Hall–Kier alpha value is -1.81. The molecule has 1 amide bonds. The van der Waals surface area contributed by atoms with Crippen LogP contribution in [0.2, 0.25) is 0 Å². The van der Waals surface area contributed by atoms with Crippen LogP contribution < -0.4 is 10.6 Å². The van der Waals surface area contributed by atoms with Crippen molar-refractivity contribution in [3.63, 3.8) is 0 Å². The standard InChI is InChI=1S/C19H25N3O/c1-19(2,21-18(23)17-13-10-20-11-14(13)17)16-9-8-12-6-4-5-7-15(12)22(16)3/h4-9,13-15,17,20H,10-11H2,1-3H3,(H,21,23)/t13-,14+,15?,17+. The molecule has 1 unspecified atom stereocenters. The van der Waals surface area contributed by atoms with Gasteiger partial charge in [-0.25, -0.2) is 0 Å². The van der Waals surface area contributed by atoms with Crippen LogP contribution in [0.15, 0.2) is 47.7 Å². The summed E-state index contributed by atoms with van der Waals surface area (Å²) in [4.78, 5) is 14.9. The smallest absolute Gasteiger partial charge is 0.224 e. The summed E-state index contributed by atoms with van der Waals surface area (Å²) in [7, 11) is 2.11. The minimum absolute atomic E-state index is 0.216. The third kappa shape index (κ3) is 2.36. The van der Waals surface area contributed by atoms with Crippen molar-refractivity contribution in [2.45, 2.75) is 25.4 Å². The molecule has 0 radical (unpaired) electrons. The molecule has 4 heteroatoms. The van der Waals surface area contributed by atoms with Gasteiger partial charge in [0.1, 0.15) is 0 Å². The van der Waals surface area contributed by atoms with E-state index >= 15 is 0 Å². The highest BCUT2D eigenvalue weighted by Gasteiger charge is 2.57. The molecule has 2 aliphatic heterocycles. The van der Waals surface area contributed by atoms with Crippen molar-refractivity contribution in [2.24, 2.45) is 17.8 Å². The highest BCUT2D eigenvalue weighted by Crippen LogP contribution is 2.49. The monoisotopic (exact) mass is 311 g/mol. The molecular weight excluding hydrogens is 286 g/mol. The maximum absolute atomic E-state index is 12.6. The van der Waals surface area contributed by atoms with Gasteiger partial charge >= 0.3 is 0 Å². The third-order valence-electron chi connectivity index (χ3n) is 5.74. The molecule has 122 valence electrons. The van der Waals surface area contributed by atoms with Crippen molar-refractivity contribution >= 4 is 5.91 Å². The number of nitrogens with zero attached hydrogens (tertiary/aromatic N) is 1. The van der Waals surface area contributed by atoms with Gasteiger partial charge in [0.05, 0.1) is 11.6 Å². The van der Waals surface area contributed by atoms with Gasteiger partial charge in [-0.15, -0.1) is 0 Å². The first-order valence-corrected chi connectivity index (χ1v) is 8.52. The maximum Gasteiger partial charge on any atom is 0.224 e. The van der Waals surface area contributed by atoms with E-state index in [1.54, 1.807) is 0 Å². The average molecular weight is 311 g/mol. The molecule has 23 heavy (non-hydrogen) atoms. The summed E-state index contributed by atoms with van der Waals surface area (Å²) in [6, 6.07) is 0.265. The fraction of sp³-hybridized carbons (Fsp3) is 0.526. The number of rotatable bonds is 3. The Labute approximate surface area is 138 Å². The number of fused-ring (bicyclic) bond motifs is 2.